The van der Waals surface area contributed by atoms with Crippen molar-refractivity contribution in [2.45, 2.75) is 105 Å². The Hall–Kier alpha value is -2.44. The monoisotopic (exact) mass is 485 g/mol. The van der Waals surface area contributed by atoms with Crippen LogP contribution in [0.1, 0.15) is 137 Å². The summed E-state index contributed by atoms with van der Waals surface area (Å²) in [4.78, 5) is 37.3. The molecule has 7 nitrogen and oxygen atoms in total. The molecule has 0 unspecified atom stereocenters. The lowest BCUT2D eigenvalue weighted by molar-refractivity contribution is -0.386. The number of primary amides is 2. The fraction of sp³-hybridized carbons (Fsp3) is 0.714. The summed E-state index contributed by atoms with van der Waals surface area (Å²) >= 11 is 0. The summed E-state index contributed by atoms with van der Waals surface area (Å²) in [5, 5.41) is 12.6. The van der Waals surface area contributed by atoms with Crippen LogP contribution in [0.4, 0.5) is 5.69 Å². The number of rotatable bonds is 5. The van der Waals surface area contributed by atoms with Crippen LogP contribution in [0.2, 0.25) is 0 Å². The van der Waals surface area contributed by atoms with Gasteiger partial charge in [0.1, 0.15) is 0 Å². The second-order valence-electron chi connectivity index (χ2n) is 13.0. The van der Waals surface area contributed by atoms with E-state index >= 15 is 0 Å². The molecule has 3 rings (SSSR count). The maximum absolute atomic E-state index is 12.6. The maximum atomic E-state index is 12.6. The van der Waals surface area contributed by atoms with E-state index in [9.17, 15) is 19.7 Å². The average molecular weight is 486 g/mol. The van der Waals surface area contributed by atoms with Crippen LogP contribution in [0.5, 0.6) is 0 Å². The number of hydrogen-bond donors (Lipinski definition) is 2. The Labute approximate surface area is 209 Å². The van der Waals surface area contributed by atoms with Crippen LogP contribution >= 0.6 is 0 Å². The average Bonchev–Trinajstić information content (AvgIpc) is 2.76. The zero-order chi connectivity index (χ0) is 26.3. The van der Waals surface area contributed by atoms with E-state index in [4.69, 9.17) is 11.5 Å². The fourth-order valence-electron chi connectivity index (χ4n) is 6.63. The number of amides is 2. The van der Waals surface area contributed by atoms with Gasteiger partial charge in [0.2, 0.25) is 11.8 Å². The Morgan fingerprint density at radius 1 is 0.743 bits per heavy atom. The molecule has 0 aromatic heterocycles. The third-order valence-electron chi connectivity index (χ3n) is 8.81. The summed E-state index contributed by atoms with van der Waals surface area (Å²) in [7, 11) is 0. The Balaban J connectivity index is 2.13. The first kappa shape index (κ1) is 27.2. The molecule has 0 saturated heterocycles. The number of benzene rings is 1. The van der Waals surface area contributed by atoms with Crippen molar-refractivity contribution in [3.05, 3.63) is 38.4 Å². The lowest BCUT2D eigenvalue weighted by Crippen LogP contribution is -2.29. The predicted molar refractivity (Wildman–Crippen MR) is 138 cm³/mol. The van der Waals surface area contributed by atoms with Crippen LogP contribution in [-0.2, 0) is 0 Å². The minimum Gasteiger partial charge on any atom is -0.366 e. The highest BCUT2D eigenvalue weighted by molar-refractivity contribution is 6.02. The molecule has 0 spiro atoms. The van der Waals surface area contributed by atoms with Crippen molar-refractivity contribution in [2.24, 2.45) is 34.1 Å². The van der Waals surface area contributed by atoms with E-state index in [-0.39, 0.29) is 39.5 Å². The largest absolute Gasteiger partial charge is 0.366 e. The third kappa shape index (κ3) is 5.70. The molecule has 194 valence electrons. The van der Waals surface area contributed by atoms with E-state index in [2.05, 4.69) is 41.5 Å². The Bertz CT molecular complexity index is 917. The lowest BCUT2D eigenvalue weighted by atomic mass is 9.66. The maximum Gasteiger partial charge on any atom is 0.277 e. The molecule has 1 aromatic carbocycles. The number of nitrogens with two attached hydrogens (primary N) is 2. The molecule has 2 saturated carbocycles. The molecule has 2 aliphatic rings. The topological polar surface area (TPSA) is 129 Å². The van der Waals surface area contributed by atoms with Crippen molar-refractivity contribution in [3.63, 3.8) is 0 Å². The molecule has 4 N–H and O–H groups in total. The van der Waals surface area contributed by atoms with Crippen LogP contribution in [-0.4, -0.2) is 16.7 Å². The molecule has 0 aliphatic heterocycles. The molecule has 35 heavy (non-hydrogen) atoms. The molecule has 0 atom stereocenters. The van der Waals surface area contributed by atoms with Gasteiger partial charge in [-0.25, -0.2) is 0 Å². The Morgan fingerprint density at radius 3 is 1.29 bits per heavy atom. The minimum atomic E-state index is -0.744. The predicted octanol–water partition coefficient (Wildman–Crippen LogP) is 6.43. The third-order valence-corrected chi connectivity index (χ3v) is 8.81. The molecule has 1 aromatic rings. The first-order valence-corrected chi connectivity index (χ1v) is 13.1. The van der Waals surface area contributed by atoms with E-state index in [1.54, 1.807) is 0 Å². The Morgan fingerprint density at radius 2 is 1.06 bits per heavy atom. The Kier molecular flexibility index (Phi) is 7.68. The summed E-state index contributed by atoms with van der Waals surface area (Å²) in [6, 6.07) is 1.45. The number of nitro benzene ring substituents is 1. The van der Waals surface area contributed by atoms with E-state index < -0.39 is 16.7 Å². The normalized spacial score (nSPS) is 25.8. The van der Waals surface area contributed by atoms with Crippen molar-refractivity contribution >= 4 is 17.5 Å². The van der Waals surface area contributed by atoms with E-state index in [0.29, 0.717) is 23.0 Å². The van der Waals surface area contributed by atoms with Crippen LogP contribution in [0.25, 0.3) is 0 Å². The highest BCUT2D eigenvalue weighted by atomic mass is 16.6. The van der Waals surface area contributed by atoms with Crippen molar-refractivity contribution in [1.29, 1.82) is 0 Å². The van der Waals surface area contributed by atoms with Crippen LogP contribution in [0.15, 0.2) is 6.07 Å². The zero-order valence-electron chi connectivity index (χ0n) is 22.3. The molecule has 2 amide bonds. The number of carbonyl (C=O) groups is 2. The molecule has 7 heteroatoms. The van der Waals surface area contributed by atoms with Gasteiger partial charge in [-0.15, -0.1) is 0 Å². The summed E-state index contributed by atoms with van der Waals surface area (Å²) < 4.78 is 0. The molecule has 0 bridgehead atoms. The first-order chi connectivity index (χ1) is 16.1. The quantitative estimate of drug-likeness (QED) is 0.367. The molecular formula is C28H43N3O4. The lowest BCUT2D eigenvalue weighted by Gasteiger charge is -2.38. The molecule has 2 fully saturated rings. The van der Waals surface area contributed by atoms with Gasteiger partial charge >= 0.3 is 0 Å². The summed E-state index contributed by atoms with van der Waals surface area (Å²) in [5.74, 6) is -0.719. The van der Waals surface area contributed by atoms with Crippen molar-refractivity contribution < 1.29 is 14.5 Å². The summed E-state index contributed by atoms with van der Waals surface area (Å²) in [5.41, 5.74) is 12.7. The van der Waals surface area contributed by atoms with Crippen molar-refractivity contribution in [1.82, 2.24) is 0 Å². The van der Waals surface area contributed by atoms with E-state index in [0.717, 1.165) is 51.4 Å². The number of carbonyl (C=O) groups excluding carboxylic acids is 2. The SMILES string of the molecule is CC(C)(C)C1CCC(c2c(C(N)=O)cc(C(N)=O)c(C3CCC(C(C)(C)C)CC3)c2[N+](=O)[O-])CC1. The number of nitro groups is 1. The smallest absolute Gasteiger partial charge is 0.277 e. The highest BCUT2D eigenvalue weighted by Gasteiger charge is 2.41. The highest BCUT2D eigenvalue weighted by Crippen LogP contribution is 2.51. The van der Waals surface area contributed by atoms with Gasteiger partial charge in [0.05, 0.1) is 16.1 Å². The fourth-order valence-corrected chi connectivity index (χ4v) is 6.63. The van der Waals surface area contributed by atoms with Gasteiger partial charge in [0.25, 0.3) is 5.69 Å². The first-order valence-electron chi connectivity index (χ1n) is 13.1. The van der Waals surface area contributed by atoms with Crippen molar-refractivity contribution in [3.8, 4) is 0 Å². The van der Waals surface area contributed by atoms with Crippen LogP contribution < -0.4 is 11.5 Å². The van der Waals surface area contributed by atoms with E-state index in [1.165, 1.54) is 6.07 Å². The van der Waals surface area contributed by atoms with Gasteiger partial charge in [0, 0.05) is 11.1 Å². The van der Waals surface area contributed by atoms with Crippen molar-refractivity contribution in [2.75, 3.05) is 0 Å². The van der Waals surface area contributed by atoms with E-state index in [1.807, 2.05) is 0 Å². The molecule has 2 aliphatic carbocycles. The number of hydrogen-bond acceptors (Lipinski definition) is 4. The number of nitrogens with zero attached hydrogens (tertiary/aromatic N) is 1. The molecule has 0 radical (unpaired) electrons. The van der Waals surface area contributed by atoms with Gasteiger partial charge < -0.3 is 11.5 Å². The van der Waals surface area contributed by atoms with Crippen LogP contribution in [0.3, 0.4) is 0 Å². The summed E-state index contributed by atoms with van der Waals surface area (Å²) in [6.07, 6.45) is 6.79. The van der Waals surface area contributed by atoms with Crippen LogP contribution in [0, 0.1) is 32.8 Å². The van der Waals surface area contributed by atoms with Gasteiger partial charge in [-0.1, -0.05) is 41.5 Å². The van der Waals surface area contributed by atoms with Gasteiger partial charge in [0.15, 0.2) is 0 Å². The molecular weight excluding hydrogens is 442 g/mol. The molecule has 0 heterocycles. The van der Waals surface area contributed by atoms with Gasteiger partial charge in [-0.2, -0.15) is 0 Å². The second kappa shape index (κ2) is 9.90. The van der Waals surface area contributed by atoms with Gasteiger partial charge in [-0.05, 0) is 91.9 Å². The zero-order valence-corrected chi connectivity index (χ0v) is 22.3. The minimum absolute atomic E-state index is 0.0804. The summed E-state index contributed by atoms with van der Waals surface area (Å²) in [6.45, 7) is 13.4. The van der Waals surface area contributed by atoms with Gasteiger partial charge in [-0.3, -0.25) is 19.7 Å². The second-order valence-corrected chi connectivity index (χ2v) is 13.0. The standard InChI is InChI=1S/C28H43N3O4/c1-27(2,3)18-11-7-16(8-12-18)22-20(25(29)32)15-21(26(30)33)23(24(22)31(34)35)17-9-13-19(14-10-17)28(4,5)6/h15-19H,7-14H2,1-6H3,(H2,29,32)(H2,30,33).